The number of hydrogen-bond donors (Lipinski definition) is 2. The fourth-order valence-corrected chi connectivity index (χ4v) is 3.85. The molecule has 0 fully saturated rings. The van der Waals surface area contributed by atoms with Gasteiger partial charge in [0.25, 0.3) is 5.56 Å². The molecule has 0 aliphatic rings. The van der Waals surface area contributed by atoms with Gasteiger partial charge in [-0.3, -0.25) is 19.3 Å². The molecule has 0 bridgehead atoms. The van der Waals surface area contributed by atoms with Gasteiger partial charge < -0.3 is 5.32 Å². The summed E-state index contributed by atoms with van der Waals surface area (Å²) in [5, 5.41) is 11.9. The number of aryl methyl sites for hydroxylation is 1. The van der Waals surface area contributed by atoms with Crippen molar-refractivity contribution in [2.24, 2.45) is 0 Å². The normalized spacial score (nSPS) is 11.1. The van der Waals surface area contributed by atoms with E-state index < -0.39 is 0 Å². The van der Waals surface area contributed by atoms with Crippen molar-refractivity contribution in [1.29, 1.82) is 0 Å². The van der Waals surface area contributed by atoms with Gasteiger partial charge in [-0.2, -0.15) is 5.10 Å². The zero-order valence-corrected chi connectivity index (χ0v) is 15.0. The SMILES string of the molecule is CCCn1c(SCC(=O)Nc2cc(C)[nH]n2)nc2ccsc2c1=O. The molecule has 0 radical (unpaired) electrons. The van der Waals surface area contributed by atoms with Crippen LogP contribution in [-0.2, 0) is 11.3 Å². The Kier molecular flexibility index (Phi) is 5.00. The van der Waals surface area contributed by atoms with Gasteiger partial charge in [0, 0.05) is 18.3 Å². The van der Waals surface area contributed by atoms with Crippen LogP contribution in [0.1, 0.15) is 19.0 Å². The van der Waals surface area contributed by atoms with Gasteiger partial charge in [0.15, 0.2) is 11.0 Å². The van der Waals surface area contributed by atoms with Gasteiger partial charge in [-0.1, -0.05) is 18.7 Å². The first-order valence-electron chi connectivity index (χ1n) is 7.51. The Morgan fingerprint density at radius 2 is 2.33 bits per heavy atom. The van der Waals surface area contributed by atoms with Gasteiger partial charge in [-0.25, -0.2) is 4.98 Å². The molecule has 24 heavy (non-hydrogen) atoms. The van der Waals surface area contributed by atoms with Gasteiger partial charge in [0.2, 0.25) is 5.91 Å². The quantitative estimate of drug-likeness (QED) is 0.519. The van der Waals surface area contributed by atoms with Crippen molar-refractivity contribution in [3.8, 4) is 0 Å². The van der Waals surface area contributed by atoms with E-state index in [1.54, 1.807) is 10.6 Å². The number of thioether (sulfide) groups is 1. The standard InChI is InChI=1S/C15H17N5O2S2/c1-3-5-20-14(22)13-10(4-6-23-13)16-15(20)24-8-12(21)17-11-7-9(2)18-19-11/h4,6-7H,3,5,8H2,1-2H3,(H2,17,18,19,21). The summed E-state index contributed by atoms with van der Waals surface area (Å²) in [7, 11) is 0. The first kappa shape index (κ1) is 16.7. The number of thiophene rings is 1. The largest absolute Gasteiger partial charge is 0.308 e. The maximum absolute atomic E-state index is 12.5. The number of nitrogens with one attached hydrogen (secondary N) is 2. The predicted octanol–water partition coefficient (Wildman–Crippen LogP) is 2.63. The molecular formula is C15H17N5O2S2. The monoisotopic (exact) mass is 363 g/mol. The molecule has 3 aromatic heterocycles. The van der Waals surface area contributed by atoms with Crippen LogP contribution in [0, 0.1) is 6.92 Å². The van der Waals surface area contributed by atoms with E-state index in [0.29, 0.717) is 27.7 Å². The lowest BCUT2D eigenvalue weighted by Gasteiger charge is -2.10. The minimum Gasteiger partial charge on any atom is -0.308 e. The van der Waals surface area contributed by atoms with Gasteiger partial charge >= 0.3 is 0 Å². The molecule has 3 rings (SSSR count). The maximum Gasteiger partial charge on any atom is 0.272 e. The van der Waals surface area contributed by atoms with E-state index in [-0.39, 0.29) is 17.2 Å². The summed E-state index contributed by atoms with van der Waals surface area (Å²) < 4.78 is 2.30. The van der Waals surface area contributed by atoms with Crippen molar-refractivity contribution in [2.75, 3.05) is 11.1 Å². The lowest BCUT2D eigenvalue weighted by atomic mass is 10.4. The summed E-state index contributed by atoms with van der Waals surface area (Å²) in [6.07, 6.45) is 0.824. The molecule has 0 aliphatic heterocycles. The third-order valence-electron chi connectivity index (χ3n) is 3.28. The highest BCUT2D eigenvalue weighted by Crippen LogP contribution is 2.21. The van der Waals surface area contributed by atoms with Crippen LogP contribution >= 0.6 is 23.1 Å². The van der Waals surface area contributed by atoms with E-state index in [1.165, 1.54) is 23.1 Å². The van der Waals surface area contributed by atoms with Crippen LogP contribution in [0.2, 0.25) is 0 Å². The van der Waals surface area contributed by atoms with E-state index in [0.717, 1.165) is 12.1 Å². The Bertz CT molecular complexity index is 927. The van der Waals surface area contributed by atoms with E-state index in [1.807, 2.05) is 25.3 Å². The summed E-state index contributed by atoms with van der Waals surface area (Å²) in [6, 6.07) is 3.58. The second-order valence-electron chi connectivity index (χ2n) is 5.26. The fraction of sp³-hybridized carbons (Fsp3) is 0.333. The number of carbonyl (C=O) groups is 1. The molecule has 0 spiro atoms. The second kappa shape index (κ2) is 7.18. The van der Waals surface area contributed by atoms with Crippen LogP contribution in [-0.4, -0.2) is 31.4 Å². The van der Waals surface area contributed by atoms with Crippen LogP contribution in [0.25, 0.3) is 10.2 Å². The topological polar surface area (TPSA) is 92.7 Å². The Balaban J connectivity index is 1.77. The fourth-order valence-electron chi connectivity index (χ4n) is 2.25. The highest BCUT2D eigenvalue weighted by atomic mass is 32.2. The summed E-state index contributed by atoms with van der Waals surface area (Å²) >= 11 is 2.66. The summed E-state index contributed by atoms with van der Waals surface area (Å²) in [5.74, 6) is 0.469. The molecule has 9 heteroatoms. The van der Waals surface area contributed by atoms with Gasteiger partial charge in [0.1, 0.15) is 4.70 Å². The third kappa shape index (κ3) is 3.51. The summed E-state index contributed by atoms with van der Waals surface area (Å²) in [4.78, 5) is 29.1. The van der Waals surface area contributed by atoms with Crippen LogP contribution in [0.5, 0.6) is 0 Å². The first-order valence-corrected chi connectivity index (χ1v) is 9.37. The van der Waals surface area contributed by atoms with Gasteiger partial charge in [-0.15, -0.1) is 11.3 Å². The Labute approximate surface area is 146 Å². The van der Waals surface area contributed by atoms with Crippen molar-refractivity contribution in [3.63, 3.8) is 0 Å². The number of H-pyrrole nitrogens is 1. The molecule has 0 saturated carbocycles. The van der Waals surface area contributed by atoms with Crippen LogP contribution < -0.4 is 10.9 Å². The summed E-state index contributed by atoms with van der Waals surface area (Å²) in [5.41, 5.74) is 1.52. The maximum atomic E-state index is 12.5. The minimum atomic E-state index is -0.186. The van der Waals surface area contributed by atoms with Crippen molar-refractivity contribution in [2.45, 2.75) is 32.0 Å². The Morgan fingerprint density at radius 3 is 3.04 bits per heavy atom. The Hall–Kier alpha value is -2.13. The van der Waals surface area contributed by atoms with E-state index in [2.05, 4.69) is 20.5 Å². The van der Waals surface area contributed by atoms with Crippen molar-refractivity contribution in [3.05, 3.63) is 33.6 Å². The zero-order chi connectivity index (χ0) is 17.1. The molecule has 126 valence electrons. The predicted molar refractivity (Wildman–Crippen MR) is 96.8 cm³/mol. The van der Waals surface area contributed by atoms with Crippen LogP contribution in [0.15, 0.2) is 27.5 Å². The second-order valence-corrected chi connectivity index (χ2v) is 7.12. The average Bonchev–Trinajstić information content (AvgIpc) is 3.17. The number of amides is 1. The minimum absolute atomic E-state index is 0.0392. The lowest BCUT2D eigenvalue weighted by Crippen LogP contribution is -2.23. The van der Waals surface area contributed by atoms with Crippen molar-refractivity contribution in [1.82, 2.24) is 19.7 Å². The number of anilines is 1. The van der Waals surface area contributed by atoms with Gasteiger partial charge in [0.05, 0.1) is 11.3 Å². The number of fused-ring (bicyclic) bond motifs is 1. The van der Waals surface area contributed by atoms with Crippen molar-refractivity contribution >= 4 is 45.0 Å². The smallest absolute Gasteiger partial charge is 0.272 e. The highest BCUT2D eigenvalue weighted by Gasteiger charge is 2.14. The zero-order valence-electron chi connectivity index (χ0n) is 13.3. The highest BCUT2D eigenvalue weighted by molar-refractivity contribution is 7.99. The number of nitrogens with zero attached hydrogens (tertiary/aromatic N) is 3. The number of aromatic nitrogens is 4. The third-order valence-corrected chi connectivity index (χ3v) is 5.15. The van der Waals surface area contributed by atoms with E-state index >= 15 is 0 Å². The van der Waals surface area contributed by atoms with Crippen LogP contribution in [0.4, 0.5) is 5.82 Å². The molecule has 0 aromatic carbocycles. The molecule has 3 aromatic rings. The molecule has 7 nitrogen and oxygen atoms in total. The molecular weight excluding hydrogens is 346 g/mol. The molecule has 0 saturated heterocycles. The molecule has 1 amide bonds. The molecule has 0 aliphatic carbocycles. The molecule has 2 N–H and O–H groups in total. The Morgan fingerprint density at radius 1 is 1.50 bits per heavy atom. The average molecular weight is 363 g/mol. The number of rotatable bonds is 6. The number of carbonyl (C=O) groups excluding carboxylic acids is 1. The summed E-state index contributed by atoms with van der Waals surface area (Å²) in [6.45, 7) is 4.45. The molecule has 3 heterocycles. The molecule has 0 atom stereocenters. The van der Waals surface area contributed by atoms with Crippen molar-refractivity contribution < 1.29 is 4.79 Å². The molecule has 0 unspecified atom stereocenters. The van der Waals surface area contributed by atoms with E-state index in [4.69, 9.17) is 0 Å². The lowest BCUT2D eigenvalue weighted by molar-refractivity contribution is -0.113. The van der Waals surface area contributed by atoms with E-state index in [9.17, 15) is 9.59 Å². The number of hydrogen-bond acceptors (Lipinski definition) is 6. The van der Waals surface area contributed by atoms with Gasteiger partial charge in [-0.05, 0) is 24.8 Å². The van der Waals surface area contributed by atoms with Crippen LogP contribution in [0.3, 0.4) is 0 Å². The first-order chi connectivity index (χ1) is 11.6. The number of aromatic amines is 1.